The Morgan fingerprint density at radius 3 is 2.42 bits per heavy atom. The number of nitrogens with zero attached hydrogens (tertiary/aromatic N) is 3. The third-order valence-electron chi connectivity index (χ3n) is 3.93. The second-order valence-electron chi connectivity index (χ2n) is 5.92. The standard InChI is InChI=1S/C18H22N6/c1-11-9-12(2)22-17-15(11)16(20)23-18(24-17)21-10-14-5-3-13(4-6-14)7-8-19/h3-6,9H,7-8,10,19H2,1-2H3,(H3,20,21,22,23,24). The van der Waals surface area contributed by atoms with Crippen LogP contribution in [0.1, 0.15) is 22.4 Å². The molecule has 0 saturated carbocycles. The Morgan fingerprint density at radius 2 is 1.71 bits per heavy atom. The van der Waals surface area contributed by atoms with Gasteiger partial charge in [-0.05, 0) is 49.6 Å². The van der Waals surface area contributed by atoms with Crippen molar-refractivity contribution < 1.29 is 0 Å². The summed E-state index contributed by atoms with van der Waals surface area (Å²) in [7, 11) is 0. The average Bonchev–Trinajstić information content (AvgIpc) is 2.53. The predicted octanol–water partition coefficient (Wildman–Crippen LogP) is 2.34. The lowest BCUT2D eigenvalue weighted by Crippen LogP contribution is -2.07. The number of pyridine rings is 1. The molecule has 124 valence electrons. The van der Waals surface area contributed by atoms with E-state index >= 15 is 0 Å². The Kier molecular flexibility index (Phi) is 4.57. The predicted molar refractivity (Wildman–Crippen MR) is 97.7 cm³/mol. The van der Waals surface area contributed by atoms with Crippen molar-refractivity contribution in [1.82, 2.24) is 15.0 Å². The third-order valence-corrected chi connectivity index (χ3v) is 3.93. The van der Waals surface area contributed by atoms with Crippen LogP contribution in [-0.4, -0.2) is 21.5 Å². The van der Waals surface area contributed by atoms with E-state index in [1.165, 1.54) is 5.56 Å². The third kappa shape index (κ3) is 3.44. The molecule has 6 nitrogen and oxygen atoms in total. The van der Waals surface area contributed by atoms with Gasteiger partial charge >= 0.3 is 0 Å². The lowest BCUT2D eigenvalue weighted by atomic mass is 10.1. The van der Waals surface area contributed by atoms with Crippen LogP contribution in [-0.2, 0) is 13.0 Å². The van der Waals surface area contributed by atoms with Crippen LogP contribution in [0.2, 0.25) is 0 Å². The highest BCUT2D eigenvalue weighted by Crippen LogP contribution is 2.22. The van der Waals surface area contributed by atoms with Crippen molar-refractivity contribution in [3.05, 3.63) is 52.7 Å². The molecule has 6 heteroatoms. The molecule has 3 rings (SSSR count). The van der Waals surface area contributed by atoms with Gasteiger partial charge in [0.15, 0.2) is 5.65 Å². The summed E-state index contributed by atoms with van der Waals surface area (Å²) in [6.07, 6.45) is 0.891. The van der Waals surface area contributed by atoms with Gasteiger partial charge in [-0.3, -0.25) is 0 Å². The van der Waals surface area contributed by atoms with E-state index in [0.717, 1.165) is 28.6 Å². The highest BCUT2D eigenvalue weighted by Gasteiger charge is 2.09. The van der Waals surface area contributed by atoms with Gasteiger partial charge in [0.2, 0.25) is 5.95 Å². The summed E-state index contributed by atoms with van der Waals surface area (Å²) >= 11 is 0. The van der Waals surface area contributed by atoms with Crippen LogP contribution < -0.4 is 16.8 Å². The summed E-state index contributed by atoms with van der Waals surface area (Å²) in [5.41, 5.74) is 16.6. The number of anilines is 2. The van der Waals surface area contributed by atoms with E-state index in [2.05, 4.69) is 44.5 Å². The van der Waals surface area contributed by atoms with Crippen molar-refractivity contribution in [3.63, 3.8) is 0 Å². The zero-order valence-corrected chi connectivity index (χ0v) is 14.0. The molecular weight excluding hydrogens is 300 g/mol. The largest absolute Gasteiger partial charge is 0.383 e. The van der Waals surface area contributed by atoms with Crippen LogP contribution in [0.25, 0.3) is 11.0 Å². The normalized spacial score (nSPS) is 11.0. The van der Waals surface area contributed by atoms with E-state index in [9.17, 15) is 0 Å². The Balaban J connectivity index is 1.80. The maximum Gasteiger partial charge on any atom is 0.226 e. The number of fused-ring (bicyclic) bond motifs is 1. The van der Waals surface area contributed by atoms with Gasteiger partial charge in [-0.15, -0.1) is 0 Å². The first-order valence-electron chi connectivity index (χ1n) is 8.00. The van der Waals surface area contributed by atoms with Crippen molar-refractivity contribution >= 4 is 22.8 Å². The fraction of sp³-hybridized carbons (Fsp3) is 0.278. The summed E-state index contributed by atoms with van der Waals surface area (Å²) in [4.78, 5) is 13.3. The minimum atomic E-state index is 0.450. The summed E-state index contributed by atoms with van der Waals surface area (Å²) in [5, 5.41) is 4.03. The molecule has 0 radical (unpaired) electrons. The SMILES string of the molecule is Cc1cc(C)c2c(N)nc(NCc3ccc(CCN)cc3)nc2n1. The van der Waals surface area contributed by atoms with Crippen LogP contribution in [0.3, 0.4) is 0 Å². The number of nitrogen functional groups attached to an aromatic ring is 1. The molecule has 0 amide bonds. The molecule has 2 heterocycles. The second kappa shape index (κ2) is 6.80. The Morgan fingerprint density at radius 1 is 1.00 bits per heavy atom. The van der Waals surface area contributed by atoms with E-state index in [1.807, 2.05) is 19.9 Å². The van der Waals surface area contributed by atoms with Crippen molar-refractivity contribution in [1.29, 1.82) is 0 Å². The summed E-state index contributed by atoms with van der Waals surface area (Å²) < 4.78 is 0. The Labute approximate surface area is 141 Å². The maximum atomic E-state index is 6.09. The van der Waals surface area contributed by atoms with E-state index < -0.39 is 0 Å². The lowest BCUT2D eigenvalue weighted by molar-refractivity contribution is 0.965. The average molecular weight is 322 g/mol. The molecule has 2 aromatic heterocycles. The van der Waals surface area contributed by atoms with Gasteiger partial charge in [0.05, 0.1) is 5.39 Å². The van der Waals surface area contributed by atoms with Crippen molar-refractivity contribution in [2.45, 2.75) is 26.8 Å². The molecule has 1 aromatic carbocycles. The van der Waals surface area contributed by atoms with E-state index in [-0.39, 0.29) is 0 Å². The fourth-order valence-corrected chi connectivity index (χ4v) is 2.76. The van der Waals surface area contributed by atoms with Gasteiger partial charge in [0, 0.05) is 12.2 Å². The topological polar surface area (TPSA) is 103 Å². The van der Waals surface area contributed by atoms with Gasteiger partial charge in [-0.2, -0.15) is 9.97 Å². The van der Waals surface area contributed by atoms with Crippen LogP contribution >= 0.6 is 0 Å². The van der Waals surface area contributed by atoms with Gasteiger partial charge in [-0.1, -0.05) is 24.3 Å². The summed E-state index contributed by atoms with van der Waals surface area (Å²) in [5.74, 6) is 0.939. The molecule has 0 unspecified atom stereocenters. The molecule has 24 heavy (non-hydrogen) atoms. The zero-order valence-electron chi connectivity index (χ0n) is 14.0. The number of hydrogen-bond donors (Lipinski definition) is 3. The fourth-order valence-electron chi connectivity index (χ4n) is 2.76. The smallest absolute Gasteiger partial charge is 0.226 e. The molecule has 0 aliphatic heterocycles. The first kappa shape index (κ1) is 16.1. The van der Waals surface area contributed by atoms with Crippen molar-refractivity contribution in [2.75, 3.05) is 17.6 Å². The van der Waals surface area contributed by atoms with Crippen molar-refractivity contribution in [2.24, 2.45) is 5.73 Å². The van der Waals surface area contributed by atoms with Crippen LogP contribution in [0.4, 0.5) is 11.8 Å². The molecular formula is C18H22N6. The molecule has 5 N–H and O–H groups in total. The first-order valence-corrected chi connectivity index (χ1v) is 8.00. The molecule has 0 bridgehead atoms. The van der Waals surface area contributed by atoms with E-state index in [1.54, 1.807) is 0 Å². The quantitative estimate of drug-likeness (QED) is 0.666. The number of aromatic nitrogens is 3. The lowest BCUT2D eigenvalue weighted by Gasteiger charge is -2.10. The molecule has 0 aliphatic carbocycles. The first-order chi connectivity index (χ1) is 11.6. The number of benzene rings is 1. The number of aryl methyl sites for hydroxylation is 2. The minimum absolute atomic E-state index is 0.450. The summed E-state index contributed by atoms with van der Waals surface area (Å²) in [6.45, 7) is 5.22. The van der Waals surface area contributed by atoms with E-state index in [0.29, 0.717) is 30.5 Å². The van der Waals surface area contributed by atoms with Crippen LogP contribution in [0, 0.1) is 13.8 Å². The zero-order chi connectivity index (χ0) is 17.1. The van der Waals surface area contributed by atoms with Crippen LogP contribution in [0.5, 0.6) is 0 Å². The van der Waals surface area contributed by atoms with Gasteiger partial charge < -0.3 is 16.8 Å². The maximum absolute atomic E-state index is 6.09. The number of nitrogens with one attached hydrogen (secondary N) is 1. The van der Waals surface area contributed by atoms with Gasteiger partial charge in [0.1, 0.15) is 5.82 Å². The molecule has 0 spiro atoms. The molecule has 0 saturated heterocycles. The Hall–Kier alpha value is -2.73. The van der Waals surface area contributed by atoms with E-state index in [4.69, 9.17) is 11.5 Å². The van der Waals surface area contributed by atoms with Crippen LogP contribution in [0.15, 0.2) is 30.3 Å². The Bertz CT molecular complexity index is 858. The molecule has 0 fully saturated rings. The molecule has 0 atom stereocenters. The highest BCUT2D eigenvalue weighted by atomic mass is 15.1. The van der Waals surface area contributed by atoms with Crippen molar-refractivity contribution in [3.8, 4) is 0 Å². The number of hydrogen-bond acceptors (Lipinski definition) is 6. The minimum Gasteiger partial charge on any atom is -0.383 e. The van der Waals surface area contributed by atoms with Gasteiger partial charge in [0.25, 0.3) is 0 Å². The highest BCUT2D eigenvalue weighted by molar-refractivity contribution is 5.89. The number of nitrogens with two attached hydrogens (primary N) is 2. The van der Waals surface area contributed by atoms with Gasteiger partial charge in [-0.25, -0.2) is 4.98 Å². The second-order valence-corrected chi connectivity index (χ2v) is 5.92. The monoisotopic (exact) mass is 322 g/mol. The molecule has 0 aliphatic rings. The number of rotatable bonds is 5. The molecule has 3 aromatic rings. The summed E-state index contributed by atoms with van der Waals surface area (Å²) in [6, 6.07) is 10.3.